The van der Waals surface area contributed by atoms with E-state index in [0.717, 1.165) is 5.56 Å². The monoisotopic (exact) mass is 354 g/mol. The highest BCUT2D eigenvalue weighted by Gasteiger charge is 2.06. The van der Waals surface area contributed by atoms with Crippen molar-refractivity contribution in [1.29, 1.82) is 0 Å². The topological polar surface area (TPSA) is 68.3 Å². The van der Waals surface area contributed by atoms with Gasteiger partial charge >= 0.3 is 0 Å². The molecule has 0 unspecified atom stereocenters. The average Bonchev–Trinajstić information content (AvgIpc) is 2.66. The molecule has 3 rings (SSSR count). The van der Waals surface area contributed by atoms with Crippen LogP contribution in [-0.2, 0) is 6.54 Å². The third-order valence-electron chi connectivity index (χ3n) is 3.65. The van der Waals surface area contributed by atoms with E-state index in [1.165, 1.54) is 12.1 Å². The molecule has 2 aromatic carbocycles. The summed E-state index contributed by atoms with van der Waals surface area (Å²) in [5.74, 6) is 2.06. The summed E-state index contributed by atoms with van der Waals surface area (Å²) in [5.41, 5.74) is 1.62. The number of anilines is 3. The number of ether oxygens (including phenoxy) is 2. The molecule has 0 spiro atoms. The summed E-state index contributed by atoms with van der Waals surface area (Å²) in [4.78, 5) is 8.58. The highest BCUT2D eigenvalue weighted by atomic mass is 19.1. The molecule has 6 nitrogen and oxygen atoms in total. The predicted molar refractivity (Wildman–Crippen MR) is 98.6 cm³/mol. The minimum atomic E-state index is -0.309. The lowest BCUT2D eigenvalue weighted by Crippen LogP contribution is -2.05. The second-order valence-corrected chi connectivity index (χ2v) is 5.44. The van der Waals surface area contributed by atoms with Crippen molar-refractivity contribution in [3.05, 3.63) is 66.1 Å². The van der Waals surface area contributed by atoms with E-state index < -0.39 is 0 Å². The molecule has 1 heterocycles. The summed E-state index contributed by atoms with van der Waals surface area (Å²) in [6, 6.07) is 13.6. The smallest absolute Gasteiger partial charge is 0.224 e. The first kappa shape index (κ1) is 17.5. The summed E-state index contributed by atoms with van der Waals surface area (Å²) < 4.78 is 23.8. The molecule has 1 aromatic heterocycles. The number of rotatable bonds is 7. The molecule has 0 saturated carbocycles. The fraction of sp³-hybridized carbons (Fsp3) is 0.158. The quantitative estimate of drug-likeness (QED) is 0.669. The van der Waals surface area contributed by atoms with Crippen molar-refractivity contribution in [2.75, 3.05) is 24.9 Å². The Labute approximate surface area is 151 Å². The second kappa shape index (κ2) is 8.15. The van der Waals surface area contributed by atoms with Gasteiger partial charge in [-0.3, -0.25) is 0 Å². The van der Waals surface area contributed by atoms with E-state index in [4.69, 9.17) is 9.47 Å². The minimum Gasteiger partial charge on any atom is -0.493 e. The molecule has 0 saturated heterocycles. The van der Waals surface area contributed by atoms with Gasteiger partial charge in [0.2, 0.25) is 5.95 Å². The summed E-state index contributed by atoms with van der Waals surface area (Å²) >= 11 is 0. The largest absolute Gasteiger partial charge is 0.493 e. The van der Waals surface area contributed by atoms with Gasteiger partial charge in [-0.15, -0.1) is 0 Å². The van der Waals surface area contributed by atoms with Crippen LogP contribution in [0, 0.1) is 5.82 Å². The number of methoxy groups -OCH3 is 2. The first-order valence-electron chi connectivity index (χ1n) is 7.98. The van der Waals surface area contributed by atoms with Gasteiger partial charge in [0.05, 0.1) is 14.2 Å². The standard InChI is InChI=1S/C19H19FN4O2/c1-25-16-7-6-13(10-17(16)26-2)12-22-19-21-9-8-18(24-19)23-15-5-3-4-14(20)11-15/h3-11H,12H2,1-2H3,(H2,21,22,23,24). The van der Waals surface area contributed by atoms with Crippen molar-refractivity contribution in [3.8, 4) is 11.5 Å². The van der Waals surface area contributed by atoms with Crippen LogP contribution in [0.5, 0.6) is 11.5 Å². The van der Waals surface area contributed by atoms with Gasteiger partial charge in [-0.05, 0) is 42.0 Å². The molecule has 7 heteroatoms. The molecule has 3 aromatic rings. The molecule has 0 aliphatic carbocycles. The number of hydrogen-bond donors (Lipinski definition) is 2. The van der Waals surface area contributed by atoms with Gasteiger partial charge in [-0.25, -0.2) is 9.37 Å². The van der Waals surface area contributed by atoms with Crippen molar-refractivity contribution >= 4 is 17.5 Å². The van der Waals surface area contributed by atoms with Gasteiger partial charge < -0.3 is 20.1 Å². The van der Waals surface area contributed by atoms with Crippen LogP contribution in [-0.4, -0.2) is 24.2 Å². The van der Waals surface area contributed by atoms with E-state index in [9.17, 15) is 4.39 Å². The van der Waals surface area contributed by atoms with E-state index in [-0.39, 0.29) is 5.82 Å². The molecule has 0 aliphatic rings. The molecular formula is C19H19FN4O2. The van der Waals surface area contributed by atoms with Gasteiger partial charge in [0.15, 0.2) is 11.5 Å². The third-order valence-corrected chi connectivity index (χ3v) is 3.65. The zero-order chi connectivity index (χ0) is 18.4. The summed E-state index contributed by atoms with van der Waals surface area (Å²) in [7, 11) is 3.19. The van der Waals surface area contributed by atoms with Crippen LogP contribution in [0.2, 0.25) is 0 Å². The SMILES string of the molecule is COc1ccc(CNc2nccc(Nc3cccc(F)c3)n2)cc1OC. The highest BCUT2D eigenvalue weighted by Crippen LogP contribution is 2.27. The molecule has 0 radical (unpaired) electrons. The van der Waals surface area contributed by atoms with Crippen LogP contribution in [0.15, 0.2) is 54.7 Å². The maximum absolute atomic E-state index is 13.3. The Morgan fingerprint density at radius 2 is 1.85 bits per heavy atom. The summed E-state index contributed by atoms with van der Waals surface area (Å²) in [5, 5.41) is 6.20. The van der Waals surface area contributed by atoms with Crippen LogP contribution in [0.25, 0.3) is 0 Å². The summed E-state index contributed by atoms with van der Waals surface area (Å²) in [6.07, 6.45) is 1.63. The van der Waals surface area contributed by atoms with E-state index in [0.29, 0.717) is 35.5 Å². The van der Waals surface area contributed by atoms with Gasteiger partial charge in [0.25, 0.3) is 0 Å². The zero-order valence-electron chi connectivity index (χ0n) is 14.5. The summed E-state index contributed by atoms with van der Waals surface area (Å²) in [6.45, 7) is 0.518. The fourth-order valence-electron chi connectivity index (χ4n) is 2.40. The highest BCUT2D eigenvalue weighted by molar-refractivity contribution is 5.56. The first-order valence-corrected chi connectivity index (χ1v) is 7.98. The van der Waals surface area contributed by atoms with E-state index in [1.54, 1.807) is 38.6 Å². The number of nitrogens with one attached hydrogen (secondary N) is 2. The zero-order valence-corrected chi connectivity index (χ0v) is 14.5. The average molecular weight is 354 g/mol. The van der Waals surface area contributed by atoms with E-state index in [2.05, 4.69) is 20.6 Å². The molecule has 0 bridgehead atoms. The number of aromatic nitrogens is 2. The molecule has 0 aliphatic heterocycles. The van der Waals surface area contributed by atoms with E-state index >= 15 is 0 Å². The molecule has 0 amide bonds. The van der Waals surface area contributed by atoms with Crippen molar-refractivity contribution in [2.45, 2.75) is 6.54 Å². The minimum absolute atomic E-state index is 0.309. The lowest BCUT2D eigenvalue weighted by atomic mass is 10.2. The van der Waals surface area contributed by atoms with Crippen molar-refractivity contribution in [1.82, 2.24) is 9.97 Å². The first-order chi connectivity index (χ1) is 12.7. The number of hydrogen-bond acceptors (Lipinski definition) is 6. The number of halogens is 1. The predicted octanol–water partition coefficient (Wildman–Crippen LogP) is 3.99. The second-order valence-electron chi connectivity index (χ2n) is 5.44. The Kier molecular flexibility index (Phi) is 5.48. The Bertz CT molecular complexity index is 889. The lowest BCUT2D eigenvalue weighted by Gasteiger charge is -2.11. The van der Waals surface area contributed by atoms with Crippen molar-refractivity contribution in [3.63, 3.8) is 0 Å². The maximum Gasteiger partial charge on any atom is 0.224 e. The van der Waals surface area contributed by atoms with Crippen LogP contribution < -0.4 is 20.1 Å². The molecular weight excluding hydrogens is 335 g/mol. The van der Waals surface area contributed by atoms with Crippen LogP contribution >= 0.6 is 0 Å². The molecule has 134 valence electrons. The van der Waals surface area contributed by atoms with Crippen molar-refractivity contribution < 1.29 is 13.9 Å². The van der Waals surface area contributed by atoms with E-state index in [1.807, 2.05) is 18.2 Å². The van der Waals surface area contributed by atoms with Crippen molar-refractivity contribution in [2.24, 2.45) is 0 Å². The Balaban J connectivity index is 1.67. The lowest BCUT2D eigenvalue weighted by molar-refractivity contribution is 0.354. The van der Waals surface area contributed by atoms with Gasteiger partial charge in [0.1, 0.15) is 11.6 Å². The molecule has 0 atom stereocenters. The van der Waals surface area contributed by atoms with Gasteiger partial charge in [-0.2, -0.15) is 4.98 Å². The van der Waals surface area contributed by atoms with Gasteiger partial charge in [-0.1, -0.05) is 12.1 Å². The van der Waals surface area contributed by atoms with Crippen LogP contribution in [0.3, 0.4) is 0 Å². The Morgan fingerprint density at radius 1 is 1.00 bits per heavy atom. The fourth-order valence-corrected chi connectivity index (χ4v) is 2.40. The molecule has 0 fully saturated rings. The van der Waals surface area contributed by atoms with Gasteiger partial charge in [0, 0.05) is 18.4 Å². The number of nitrogens with zero attached hydrogens (tertiary/aromatic N) is 2. The third kappa shape index (κ3) is 4.38. The van der Waals surface area contributed by atoms with Crippen LogP contribution in [0.1, 0.15) is 5.56 Å². The molecule has 26 heavy (non-hydrogen) atoms. The maximum atomic E-state index is 13.3. The molecule has 2 N–H and O–H groups in total. The Hall–Kier alpha value is -3.35. The normalized spacial score (nSPS) is 10.3. The Morgan fingerprint density at radius 3 is 2.62 bits per heavy atom. The van der Waals surface area contributed by atoms with Crippen LogP contribution in [0.4, 0.5) is 21.8 Å². The number of benzene rings is 2.